The van der Waals surface area contributed by atoms with Crippen molar-refractivity contribution in [2.75, 3.05) is 32.9 Å². The molecule has 2 saturated heterocycles. The molecule has 0 saturated carbocycles. The third-order valence-electron chi connectivity index (χ3n) is 4.92. The van der Waals surface area contributed by atoms with Crippen molar-refractivity contribution < 1.29 is 14.6 Å². The second-order valence-electron chi connectivity index (χ2n) is 6.43. The maximum absolute atomic E-state index is 12.7. The molecule has 2 aromatic rings. The summed E-state index contributed by atoms with van der Waals surface area (Å²) in [6.45, 7) is 2.25. The third kappa shape index (κ3) is 2.46. The highest BCUT2D eigenvalue weighted by molar-refractivity contribution is 5.94. The average molecular weight is 326 g/mol. The third-order valence-corrected chi connectivity index (χ3v) is 4.92. The molecule has 2 fully saturated rings. The van der Waals surface area contributed by atoms with E-state index in [2.05, 4.69) is 15.0 Å². The number of hydrogen-bond donors (Lipinski definition) is 1. The minimum Gasteiger partial charge on any atom is -0.396 e. The molecular weight excluding hydrogens is 308 g/mol. The van der Waals surface area contributed by atoms with Gasteiger partial charge in [-0.1, -0.05) is 6.07 Å². The van der Waals surface area contributed by atoms with Crippen LogP contribution in [0.15, 0.2) is 36.8 Å². The van der Waals surface area contributed by atoms with Crippen molar-refractivity contribution in [2.45, 2.75) is 0 Å². The zero-order valence-electron chi connectivity index (χ0n) is 13.1. The van der Waals surface area contributed by atoms with Gasteiger partial charge in [0, 0.05) is 43.0 Å². The molecule has 0 aromatic carbocycles. The van der Waals surface area contributed by atoms with E-state index >= 15 is 0 Å². The Kier molecular flexibility index (Phi) is 3.74. The molecule has 4 rings (SSSR count). The van der Waals surface area contributed by atoms with Crippen LogP contribution in [0.5, 0.6) is 0 Å². The van der Waals surface area contributed by atoms with Crippen LogP contribution in [-0.2, 0) is 4.74 Å². The Morgan fingerprint density at radius 3 is 2.83 bits per heavy atom. The molecule has 4 heterocycles. The molecular formula is C17H18N4O3. The van der Waals surface area contributed by atoms with Crippen LogP contribution in [0, 0.1) is 11.3 Å². The van der Waals surface area contributed by atoms with Crippen LogP contribution < -0.4 is 0 Å². The number of likely N-dealkylation sites (tertiary alicyclic amines) is 1. The summed E-state index contributed by atoms with van der Waals surface area (Å²) in [6, 6.07) is 5.51. The van der Waals surface area contributed by atoms with E-state index in [4.69, 9.17) is 4.74 Å². The maximum Gasteiger partial charge on any atom is 0.257 e. The molecule has 2 aliphatic rings. The number of carbonyl (C=O) groups is 1. The number of aliphatic hydroxyl groups excluding tert-OH is 1. The minimum atomic E-state index is -0.315. The molecule has 1 N–H and O–H groups in total. The number of carbonyl (C=O) groups excluding carboxylic acids is 1. The lowest BCUT2D eigenvalue weighted by atomic mass is 9.82. The topological polar surface area (TPSA) is 88.4 Å². The lowest BCUT2D eigenvalue weighted by molar-refractivity contribution is 0.0630. The Hall–Kier alpha value is -2.38. The molecule has 0 aliphatic carbocycles. The van der Waals surface area contributed by atoms with E-state index in [9.17, 15) is 9.90 Å². The molecule has 7 heteroatoms. The zero-order chi connectivity index (χ0) is 16.6. The number of ether oxygens (including phenoxy) is 1. The summed E-state index contributed by atoms with van der Waals surface area (Å²) in [4.78, 5) is 27.2. The van der Waals surface area contributed by atoms with Crippen molar-refractivity contribution in [3.05, 3.63) is 42.4 Å². The van der Waals surface area contributed by atoms with Crippen molar-refractivity contribution in [3.8, 4) is 11.5 Å². The highest BCUT2D eigenvalue weighted by Gasteiger charge is 2.51. The fourth-order valence-electron chi connectivity index (χ4n) is 3.46. The molecule has 0 bridgehead atoms. The smallest absolute Gasteiger partial charge is 0.257 e. The number of aliphatic hydroxyl groups is 1. The van der Waals surface area contributed by atoms with E-state index < -0.39 is 0 Å². The number of amides is 1. The van der Waals surface area contributed by atoms with Crippen molar-refractivity contribution in [1.29, 1.82) is 0 Å². The first-order valence-electron chi connectivity index (χ1n) is 7.93. The van der Waals surface area contributed by atoms with Crippen LogP contribution in [-0.4, -0.2) is 63.8 Å². The molecule has 2 atom stereocenters. The van der Waals surface area contributed by atoms with Gasteiger partial charge in [-0.2, -0.15) is 0 Å². The lowest BCUT2D eigenvalue weighted by Crippen LogP contribution is -2.36. The molecule has 24 heavy (non-hydrogen) atoms. The van der Waals surface area contributed by atoms with Gasteiger partial charge in [0.15, 0.2) is 5.82 Å². The van der Waals surface area contributed by atoms with E-state index in [0.717, 1.165) is 0 Å². The summed E-state index contributed by atoms with van der Waals surface area (Å²) in [5.74, 6) is 0.579. The quantitative estimate of drug-likeness (QED) is 0.889. The van der Waals surface area contributed by atoms with E-state index in [-0.39, 0.29) is 23.8 Å². The molecule has 124 valence electrons. The van der Waals surface area contributed by atoms with E-state index in [1.54, 1.807) is 11.1 Å². The molecule has 2 aliphatic heterocycles. The van der Waals surface area contributed by atoms with E-state index in [0.29, 0.717) is 43.4 Å². The van der Waals surface area contributed by atoms with Crippen molar-refractivity contribution >= 4 is 5.91 Å². The summed E-state index contributed by atoms with van der Waals surface area (Å²) in [5.41, 5.74) is 0.803. The second kappa shape index (κ2) is 5.92. The Morgan fingerprint density at radius 1 is 1.33 bits per heavy atom. The van der Waals surface area contributed by atoms with Crippen LogP contribution in [0.3, 0.4) is 0 Å². The number of nitrogens with zero attached hydrogens (tertiary/aromatic N) is 4. The highest BCUT2D eigenvalue weighted by Crippen LogP contribution is 2.41. The predicted octanol–water partition coefficient (Wildman–Crippen LogP) is 0.619. The van der Waals surface area contributed by atoms with Gasteiger partial charge in [0.1, 0.15) is 5.69 Å². The molecule has 7 nitrogen and oxygen atoms in total. The minimum absolute atomic E-state index is 0.0383. The number of pyridine rings is 1. The number of aromatic nitrogens is 3. The molecule has 2 aromatic heterocycles. The molecule has 0 spiro atoms. The number of hydrogen-bond acceptors (Lipinski definition) is 6. The first-order chi connectivity index (χ1) is 11.7. The molecule has 0 radical (unpaired) electrons. The highest BCUT2D eigenvalue weighted by atomic mass is 16.5. The monoisotopic (exact) mass is 326 g/mol. The number of fused-ring (bicyclic) bond motifs is 1. The summed E-state index contributed by atoms with van der Waals surface area (Å²) < 4.78 is 5.47. The standard InChI is InChI=1S/C17H18N4O3/c22-10-17-9-21(7-13(17)8-24-11-17)16(23)12-5-19-15(20-6-12)14-3-1-2-4-18-14/h1-6,13,22H,7-11H2/t13-,17-/m0/s1. The van der Waals surface area contributed by atoms with Crippen LogP contribution in [0.4, 0.5) is 0 Å². The Labute approximate surface area is 139 Å². The summed E-state index contributed by atoms with van der Waals surface area (Å²) in [5, 5.41) is 9.71. The van der Waals surface area contributed by atoms with Crippen LogP contribution in [0.1, 0.15) is 10.4 Å². The summed E-state index contributed by atoms with van der Waals surface area (Å²) in [6.07, 6.45) is 4.75. The van der Waals surface area contributed by atoms with Gasteiger partial charge < -0.3 is 14.7 Å². The normalized spacial score (nSPS) is 25.7. The van der Waals surface area contributed by atoms with Gasteiger partial charge in [0.05, 0.1) is 25.4 Å². The Bertz CT molecular complexity index is 737. The SMILES string of the molecule is O=C(c1cnc(-c2ccccn2)nc1)N1C[C@H]2COC[C@@]2(CO)C1. The zero-order valence-corrected chi connectivity index (χ0v) is 13.1. The fourth-order valence-corrected chi connectivity index (χ4v) is 3.46. The lowest BCUT2D eigenvalue weighted by Gasteiger charge is -2.24. The van der Waals surface area contributed by atoms with Gasteiger partial charge in [-0.25, -0.2) is 9.97 Å². The van der Waals surface area contributed by atoms with Gasteiger partial charge >= 0.3 is 0 Å². The predicted molar refractivity (Wildman–Crippen MR) is 85.0 cm³/mol. The van der Waals surface area contributed by atoms with Crippen LogP contribution in [0.2, 0.25) is 0 Å². The van der Waals surface area contributed by atoms with Crippen LogP contribution >= 0.6 is 0 Å². The van der Waals surface area contributed by atoms with Crippen molar-refractivity contribution in [3.63, 3.8) is 0 Å². The molecule has 0 unspecified atom stereocenters. The van der Waals surface area contributed by atoms with Gasteiger partial charge in [0.25, 0.3) is 5.91 Å². The van der Waals surface area contributed by atoms with Crippen LogP contribution in [0.25, 0.3) is 11.5 Å². The largest absolute Gasteiger partial charge is 0.396 e. The summed E-state index contributed by atoms with van der Waals surface area (Å²) in [7, 11) is 0. The van der Waals surface area contributed by atoms with Gasteiger partial charge in [0.2, 0.25) is 0 Å². The Balaban J connectivity index is 1.51. The number of rotatable bonds is 3. The van der Waals surface area contributed by atoms with Gasteiger partial charge in [-0.3, -0.25) is 9.78 Å². The summed E-state index contributed by atoms with van der Waals surface area (Å²) >= 11 is 0. The maximum atomic E-state index is 12.7. The van der Waals surface area contributed by atoms with E-state index in [1.165, 1.54) is 12.4 Å². The van der Waals surface area contributed by atoms with Crippen molar-refractivity contribution in [1.82, 2.24) is 19.9 Å². The van der Waals surface area contributed by atoms with Crippen molar-refractivity contribution in [2.24, 2.45) is 11.3 Å². The van der Waals surface area contributed by atoms with Gasteiger partial charge in [-0.05, 0) is 12.1 Å². The van der Waals surface area contributed by atoms with Gasteiger partial charge in [-0.15, -0.1) is 0 Å². The fraction of sp³-hybridized carbons (Fsp3) is 0.412. The first-order valence-corrected chi connectivity index (χ1v) is 7.93. The van der Waals surface area contributed by atoms with E-state index in [1.807, 2.05) is 18.2 Å². The Morgan fingerprint density at radius 2 is 2.17 bits per heavy atom. The average Bonchev–Trinajstić information content (AvgIpc) is 3.19. The first kappa shape index (κ1) is 15.2. The second-order valence-corrected chi connectivity index (χ2v) is 6.43. The molecule has 1 amide bonds.